The fourth-order valence-electron chi connectivity index (χ4n) is 3.02. The van der Waals surface area contributed by atoms with Gasteiger partial charge in [0, 0.05) is 16.8 Å². The maximum Gasteiger partial charge on any atom is 0.412 e. The van der Waals surface area contributed by atoms with E-state index in [-0.39, 0.29) is 5.91 Å². The maximum absolute atomic E-state index is 12.8. The number of nitrogens with two attached hydrogens (primary N) is 1. The summed E-state index contributed by atoms with van der Waals surface area (Å²) in [5.74, 6) is -0.340. The van der Waals surface area contributed by atoms with Gasteiger partial charge in [0.1, 0.15) is 0 Å². The second-order valence-electron chi connectivity index (χ2n) is 7.61. The Morgan fingerprint density at radius 1 is 1.03 bits per heavy atom. The number of hydrogen-bond donors (Lipinski definition) is 3. The van der Waals surface area contributed by atoms with Gasteiger partial charge in [-0.15, -0.1) is 0 Å². The van der Waals surface area contributed by atoms with E-state index in [1.54, 1.807) is 68.5 Å². The van der Waals surface area contributed by atoms with E-state index in [0.29, 0.717) is 22.6 Å². The van der Waals surface area contributed by atoms with Crippen LogP contribution in [0.2, 0.25) is 0 Å². The third-order valence-corrected chi connectivity index (χ3v) is 5.06. The van der Waals surface area contributed by atoms with Crippen LogP contribution in [-0.2, 0) is 0 Å². The highest BCUT2D eigenvalue weighted by Crippen LogP contribution is 2.36. The van der Waals surface area contributed by atoms with Gasteiger partial charge in [-0.25, -0.2) is 4.79 Å². The first kappa shape index (κ1) is 20.4. The monoisotopic (exact) mass is 409 g/mol. The van der Waals surface area contributed by atoms with E-state index < -0.39 is 11.6 Å². The van der Waals surface area contributed by atoms with Crippen LogP contribution in [0.1, 0.15) is 31.1 Å². The first-order valence-corrected chi connectivity index (χ1v) is 9.98. The lowest BCUT2D eigenvalue weighted by Crippen LogP contribution is -2.45. The first-order chi connectivity index (χ1) is 13.7. The van der Waals surface area contributed by atoms with Crippen molar-refractivity contribution >= 4 is 40.4 Å². The molecule has 0 bridgehead atoms. The molecule has 1 aromatic heterocycles. The zero-order chi connectivity index (χ0) is 21.2. The number of carboxylic acid groups (broad SMARTS) is 1. The standard InChI is InChI=1S/C22H23N3O3S/c1-22(2,3)25(21(27)28)19-9-6-15(16-10-11-29-13-16)12-18(19)24-20(26)14-4-7-17(23)8-5-14/h4-13H,23H2,1-3H3,(H,24,26)(H,27,28). The van der Waals surface area contributed by atoms with Gasteiger partial charge in [-0.2, -0.15) is 11.3 Å². The van der Waals surface area contributed by atoms with E-state index >= 15 is 0 Å². The number of thiophene rings is 1. The van der Waals surface area contributed by atoms with E-state index in [0.717, 1.165) is 11.1 Å². The van der Waals surface area contributed by atoms with E-state index in [9.17, 15) is 14.7 Å². The topological polar surface area (TPSA) is 95.7 Å². The molecule has 150 valence electrons. The third kappa shape index (κ3) is 4.57. The SMILES string of the molecule is CC(C)(C)N(C(=O)O)c1ccc(-c2ccsc2)cc1NC(=O)c1ccc(N)cc1. The molecule has 0 unspecified atom stereocenters. The van der Waals surface area contributed by atoms with Crippen molar-refractivity contribution in [3.05, 3.63) is 64.9 Å². The Morgan fingerprint density at radius 2 is 1.72 bits per heavy atom. The normalized spacial score (nSPS) is 11.1. The van der Waals surface area contributed by atoms with E-state index in [1.165, 1.54) is 4.90 Å². The molecule has 0 saturated heterocycles. The maximum atomic E-state index is 12.8. The summed E-state index contributed by atoms with van der Waals surface area (Å²) in [6.07, 6.45) is -1.09. The number of benzene rings is 2. The average molecular weight is 410 g/mol. The Labute approximate surface area is 173 Å². The van der Waals surface area contributed by atoms with E-state index in [4.69, 9.17) is 5.73 Å². The highest BCUT2D eigenvalue weighted by atomic mass is 32.1. The molecular weight excluding hydrogens is 386 g/mol. The van der Waals surface area contributed by atoms with Gasteiger partial charge < -0.3 is 16.2 Å². The molecule has 1 heterocycles. The van der Waals surface area contributed by atoms with Crippen molar-refractivity contribution in [2.45, 2.75) is 26.3 Å². The summed E-state index contributed by atoms with van der Waals surface area (Å²) in [6, 6.07) is 13.9. The Bertz CT molecular complexity index is 1020. The average Bonchev–Trinajstić information content (AvgIpc) is 3.17. The zero-order valence-electron chi connectivity index (χ0n) is 16.5. The van der Waals surface area contributed by atoms with Crippen LogP contribution in [0.25, 0.3) is 11.1 Å². The molecule has 0 spiro atoms. The van der Waals surface area contributed by atoms with Crippen LogP contribution in [0.4, 0.5) is 21.9 Å². The molecule has 0 atom stereocenters. The van der Waals surface area contributed by atoms with Crippen LogP contribution in [0, 0.1) is 0 Å². The smallest absolute Gasteiger partial charge is 0.412 e. The summed E-state index contributed by atoms with van der Waals surface area (Å²) in [5, 5.41) is 16.7. The van der Waals surface area contributed by atoms with Crippen LogP contribution in [-0.4, -0.2) is 22.6 Å². The van der Waals surface area contributed by atoms with Crippen molar-refractivity contribution in [3.8, 4) is 11.1 Å². The quantitative estimate of drug-likeness (QED) is 0.494. The van der Waals surface area contributed by atoms with Crippen molar-refractivity contribution in [2.75, 3.05) is 16.0 Å². The highest BCUT2D eigenvalue weighted by molar-refractivity contribution is 7.08. The highest BCUT2D eigenvalue weighted by Gasteiger charge is 2.30. The summed E-state index contributed by atoms with van der Waals surface area (Å²) in [5.41, 5.74) is 8.72. The lowest BCUT2D eigenvalue weighted by molar-refractivity contribution is 0.102. The number of nitrogens with zero attached hydrogens (tertiary/aromatic N) is 1. The number of carbonyl (C=O) groups is 2. The molecule has 2 aromatic carbocycles. The van der Waals surface area contributed by atoms with Crippen molar-refractivity contribution in [1.82, 2.24) is 0 Å². The number of anilines is 3. The van der Waals surface area contributed by atoms with E-state index in [1.807, 2.05) is 22.9 Å². The summed E-state index contributed by atoms with van der Waals surface area (Å²) < 4.78 is 0. The van der Waals surface area contributed by atoms with Crippen LogP contribution in [0.3, 0.4) is 0 Å². The minimum atomic E-state index is -1.09. The second-order valence-corrected chi connectivity index (χ2v) is 8.39. The largest absolute Gasteiger partial charge is 0.465 e. The summed E-state index contributed by atoms with van der Waals surface area (Å²) in [6.45, 7) is 5.42. The van der Waals surface area contributed by atoms with Gasteiger partial charge >= 0.3 is 6.09 Å². The zero-order valence-corrected chi connectivity index (χ0v) is 17.3. The molecule has 0 fully saturated rings. The molecule has 0 saturated carbocycles. The third-order valence-electron chi connectivity index (χ3n) is 4.38. The minimum absolute atomic E-state index is 0.340. The fourth-order valence-corrected chi connectivity index (χ4v) is 3.68. The molecule has 29 heavy (non-hydrogen) atoms. The summed E-state index contributed by atoms with van der Waals surface area (Å²) >= 11 is 1.57. The van der Waals surface area contributed by atoms with Crippen LogP contribution in [0.5, 0.6) is 0 Å². The van der Waals surface area contributed by atoms with Crippen molar-refractivity contribution in [3.63, 3.8) is 0 Å². The van der Waals surface area contributed by atoms with Gasteiger partial charge in [-0.1, -0.05) is 6.07 Å². The molecule has 2 amide bonds. The molecular formula is C22H23N3O3S. The van der Waals surface area contributed by atoms with Gasteiger partial charge in [-0.3, -0.25) is 9.69 Å². The molecule has 6 nitrogen and oxygen atoms in total. The summed E-state index contributed by atoms with van der Waals surface area (Å²) in [4.78, 5) is 26.1. The number of nitrogens with one attached hydrogen (secondary N) is 1. The molecule has 3 rings (SSSR count). The van der Waals surface area contributed by atoms with E-state index in [2.05, 4.69) is 5.32 Å². The number of amides is 2. The van der Waals surface area contributed by atoms with Gasteiger partial charge in [-0.05, 0) is 85.1 Å². The van der Waals surface area contributed by atoms with Crippen molar-refractivity contribution in [2.24, 2.45) is 0 Å². The molecule has 4 N–H and O–H groups in total. The predicted octanol–water partition coefficient (Wildman–Crippen LogP) is 5.53. The van der Waals surface area contributed by atoms with Crippen LogP contribution >= 0.6 is 11.3 Å². The lowest BCUT2D eigenvalue weighted by atomic mass is 10.0. The lowest BCUT2D eigenvalue weighted by Gasteiger charge is -2.34. The van der Waals surface area contributed by atoms with Crippen LogP contribution in [0.15, 0.2) is 59.3 Å². The molecule has 0 aliphatic carbocycles. The number of rotatable bonds is 4. The van der Waals surface area contributed by atoms with Crippen LogP contribution < -0.4 is 16.0 Å². The van der Waals surface area contributed by atoms with Crippen molar-refractivity contribution < 1.29 is 14.7 Å². The second kappa shape index (κ2) is 7.97. The van der Waals surface area contributed by atoms with Gasteiger partial charge in [0.05, 0.1) is 11.4 Å². The van der Waals surface area contributed by atoms with Gasteiger partial charge in [0.15, 0.2) is 0 Å². The minimum Gasteiger partial charge on any atom is -0.465 e. The molecule has 0 radical (unpaired) electrons. The fraction of sp³-hybridized carbons (Fsp3) is 0.182. The summed E-state index contributed by atoms with van der Waals surface area (Å²) in [7, 11) is 0. The first-order valence-electron chi connectivity index (χ1n) is 9.03. The number of carbonyl (C=O) groups excluding carboxylic acids is 1. The Balaban J connectivity index is 2.07. The number of nitrogen functional groups attached to an aromatic ring is 1. The molecule has 3 aromatic rings. The Morgan fingerprint density at radius 3 is 2.28 bits per heavy atom. The Hall–Kier alpha value is -3.32. The Kier molecular flexibility index (Phi) is 5.61. The predicted molar refractivity (Wildman–Crippen MR) is 119 cm³/mol. The molecule has 0 aliphatic heterocycles. The van der Waals surface area contributed by atoms with Gasteiger partial charge in [0.2, 0.25) is 0 Å². The number of hydrogen-bond acceptors (Lipinski definition) is 4. The van der Waals surface area contributed by atoms with Gasteiger partial charge in [0.25, 0.3) is 5.91 Å². The molecule has 0 aliphatic rings. The molecule has 7 heteroatoms. The van der Waals surface area contributed by atoms with Crippen molar-refractivity contribution in [1.29, 1.82) is 0 Å².